The van der Waals surface area contributed by atoms with Gasteiger partial charge in [0.1, 0.15) is 10.6 Å². The summed E-state index contributed by atoms with van der Waals surface area (Å²) in [4.78, 5) is 28.9. The number of carbonyl (C=O) groups excluding carboxylic acids is 1. The minimum atomic E-state index is -1.10. The van der Waals surface area contributed by atoms with Crippen LogP contribution in [0.15, 0.2) is 67.3 Å². The largest absolute Gasteiger partial charge is 0.521 e. The highest BCUT2D eigenvalue weighted by Crippen LogP contribution is 2.39. The Hall–Kier alpha value is -3.33. The maximum absolute atomic E-state index is 14.7. The minimum absolute atomic E-state index is 0.0698. The van der Waals surface area contributed by atoms with Crippen LogP contribution in [-0.4, -0.2) is 20.3 Å². The fraction of sp³-hybridized carbons (Fsp3) is 0.227. The molecule has 4 rings (SSSR count). The number of hydrogen-bond acceptors (Lipinski definition) is 7. The molecule has 31 heavy (non-hydrogen) atoms. The Morgan fingerprint density at radius 3 is 2.58 bits per heavy atom. The number of ether oxygens (including phenoxy) is 1. The molecule has 0 aliphatic carbocycles. The van der Waals surface area contributed by atoms with Gasteiger partial charge in [0.05, 0.1) is 16.7 Å². The van der Waals surface area contributed by atoms with E-state index in [-0.39, 0.29) is 11.7 Å². The maximum Gasteiger partial charge on any atom is 0.521 e. The molecule has 9 heteroatoms. The number of nitrogens with zero attached hydrogens (tertiary/aromatic N) is 2. The Morgan fingerprint density at radius 1 is 1.19 bits per heavy atom. The van der Waals surface area contributed by atoms with Crippen molar-refractivity contribution in [3.8, 4) is 11.6 Å². The number of fused-ring (bicyclic) bond motifs is 1. The Bertz CT molecular complexity index is 1320. The van der Waals surface area contributed by atoms with Gasteiger partial charge < -0.3 is 13.6 Å². The summed E-state index contributed by atoms with van der Waals surface area (Å²) >= 11 is 1.15. The minimum Gasteiger partial charge on any atom is -0.392 e. The molecule has 0 aliphatic rings. The second kappa shape index (κ2) is 8.07. The van der Waals surface area contributed by atoms with Crippen molar-refractivity contribution in [2.75, 3.05) is 0 Å². The highest BCUT2D eigenvalue weighted by molar-refractivity contribution is 8.01. The number of thioether (sulfide) groups is 1. The van der Waals surface area contributed by atoms with Crippen molar-refractivity contribution in [2.24, 2.45) is 0 Å². The first-order valence-electron chi connectivity index (χ1n) is 9.56. The van der Waals surface area contributed by atoms with Crippen LogP contribution in [0, 0.1) is 12.7 Å². The Balaban J connectivity index is 1.76. The first-order chi connectivity index (χ1) is 14.8. The van der Waals surface area contributed by atoms with Crippen LogP contribution in [0.1, 0.15) is 26.0 Å². The van der Waals surface area contributed by atoms with Gasteiger partial charge in [-0.05, 0) is 37.6 Å². The van der Waals surface area contributed by atoms with Crippen molar-refractivity contribution in [3.63, 3.8) is 0 Å². The fourth-order valence-corrected chi connectivity index (χ4v) is 4.12. The van der Waals surface area contributed by atoms with Crippen LogP contribution in [0.5, 0.6) is 5.95 Å². The van der Waals surface area contributed by atoms with Crippen LogP contribution in [0.2, 0.25) is 0 Å². The van der Waals surface area contributed by atoms with Gasteiger partial charge in [0.2, 0.25) is 0 Å². The molecule has 1 unspecified atom stereocenters. The number of benzene rings is 2. The summed E-state index contributed by atoms with van der Waals surface area (Å²) < 4.78 is 30.1. The van der Waals surface area contributed by atoms with Gasteiger partial charge in [-0.15, -0.1) is 0 Å². The molecule has 2 aromatic heterocycles. The molecule has 2 heterocycles. The lowest BCUT2D eigenvalue weighted by Gasteiger charge is -2.24. The summed E-state index contributed by atoms with van der Waals surface area (Å²) in [7, 11) is 0. The number of hydrogen-bond donors (Lipinski definition) is 0. The van der Waals surface area contributed by atoms with Crippen molar-refractivity contribution < 1.29 is 22.8 Å². The molecule has 0 bridgehead atoms. The molecular formula is C22H19FN2O5S. The Kier molecular flexibility index (Phi) is 5.45. The van der Waals surface area contributed by atoms with Crippen molar-refractivity contribution in [3.05, 3.63) is 70.7 Å². The number of aromatic nitrogens is 2. The third-order valence-electron chi connectivity index (χ3n) is 4.93. The van der Waals surface area contributed by atoms with Crippen LogP contribution in [0.25, 0.3) is 16.7 Å². The number of imidazole rings is 1. The topological polar surface area (TPSA) is 87.5 Å². The lowest BCUT2D eigenvalue weighted by Crippen LogP contribution is -2.35. The van der Waals surface area contributed by atoms with Crippen LogP contribution in [0.4, 0.5) is 4.39 Å². The molecular weight excluding hydrogens is 423 g/mol. The van der Waals surface area contributed by atoms with Crippen LogP contribution < -0.4 is 10.6 Å². The van der Waals surface area contributed by atoms with Gasteiger partial charge in [-0.3, -0.25) is 9.36 Å². The van der Waals surface area contributed by atoms with Gasteiger partial charge in [0, 0.05) is 6.92 Å². The summed E-state index contributed by atoms with van der Waals surface area (Å²) in [5.74, 6) is -2.21. The lowest BCUT2D eigenvalue weighted by molar-refractivity contribution is -0.138. The SMILES string of the molecule is CCC(C)(Sc1nc2ccccc2n1-c1ccccc1F)C(=O)Oc1oc(=O)oc1C. The number of carbonyl (C=O) groups is 1. The van der Waals surface area contributed by atoms with Gasteiger partial charge in [0.25, 0.3) is 0 Å². The van der Waals surface area contributed by atoms with Gasteiger partial charge in [-0.25, -0.2) is 14.2 Å². The van der Waals surface area contributed by atoms with E-state index in [0.29, 0.717) is 28.3 Å². The lowest BCUT2D eigenvalue weighted by atomic mass is 10.1. The predicted octanol–water partition coefficient (Wildman–Crippen LogP) is 4.89. The zero-order chi connectivity index (χ0) is 22.2. The van der Waals surface area contributed by atoms with Crippen molar-refractivity contribution in [2.45, 2.75) is 37.1 Å². The van der Waals surface area contributed by atoms with Crippen molar-refractivity contribution in [1.29, 1.82) is 0 Å². The second-order valence-corrected chi connectivity index (χ2v) is 8.51. The average molecular weight is 442 g/mol. The van der Waals surface area contributed by atoms with E-state index in [2.05, 4.69) is 4.98 Å². The van der Waals surface area contributed by atoms with Crippen LogP contribution in [0.3, 0.4) is 0 Å². The summed E-state index contributed by atoms with van der Waals surface area (Å²) in [6, 6.07) is 13.7. The molecule has 0 aliphatic heterocycles. The smallest absolute Gasteiger partial charge is 0.392 e. The zero-order valence-electron chi connectivity index (χ0n) is 17.0. The number of halogens is 1. The zero-order valence-corrected chi connectivity index (χ0v) is 17.9. The van der Waals surface area contributed by atoms with Gasteiger partial charge in [0.15, 0.2) is 10.9 Å². The first kappa shape index (κ1) is 20.9. The summed E-state index contributed by atoms with van der Waals surface area (Å²) in [6.07, 6.45) is 0.373. The molecule has 0 N–H and O–H groups in total. The summed E-state index contributed by atoms with van der Waals surface area (Å²) in [5.41, 5.74) is 1.69. The molecule has 0 spiro atoms. The molecule has 0 saturated heterocycles. The molecule has 0 amide bonds. The monoisotopic (exact) mass is 442 g/mol. The number of para-hydroxylation sites is 3. The molecule has 0 radical (unpaired) electrons. The third-order valence-corrected chi connectivity index (χ3v) is 6.29. The van der Waals surface area contributed by atoms with Gasteiger partial charge >= 0.3 is 17.7 Å². The predicted molar refractivity (Wildman–Crippen MR) is 113 cm³/mol. The van der Waals surface area contributed by atoms with E-state index in [0.717, 1.165) is 11.8 Å². The first-order valence-corrected chi connectivity index (χ1v) is 10.4. The third kappa shape index (κ3) is 3.88. The standard InChI is InChI=1S/C22H19FN2O5S/c1-4-22(3,19(26)29-18-13(2)28-21(27)30-18)31-20-24-15-10-6-8-12-17(15)25(20)16-11-7-5-9-14(16)23/h5-12H,4H2,1-3H3. The molecule has 0 saturated carbocycles. The summed E-state index contributed by atoms with van der Waals surface area (Å²) in [6.45, 7) is 4.98. The Labute approximate surface area is 180 Å². The average Bonchev–Trinajstić information content (AvgIpc) is 3.26. The van der Waals surface area contributed by atoms with E-state index in [1.54, 1.807) is 29.7 Å². The number of esters is 1. The van der Waals surface area contributed by atoms with E-state index in [1.807, 2.05) is 31.2 Å². The van der Waals surface area contributed by atoms with E-state index < -0.39 is 22.4 Å². The number of rotatable bonds is 6. The van der Waals surface area contributed by atoms with Crippen LogP contribution >= 0.6 is 11.8 Å². The van der Waals surface area contributed by atoms with E-state index >= 15 is 0 Å². The highest BCUT2D eigenvalue weighted by Gasteiger charge is 2.38. The molecule has 7 nitrogen and oxygen atoms in total. The summed E-state index contributed by atoms with van der Waals surface area (Å²) in [5, 5.41) is 0.429. The normalized spacial score (nSPS) is 13.3. The van der Waals surface area contributed by atoms with Gasteiger partial charge in [-0.2, -0.15) is 0 Å². The van der Waals surface area contributed by atoms with Gasteiger partial charge in [-0.1, -0.05) is 43.0 Å². The molecule has 160 valence electrons. The quantitative estimate of drug-likeness (QED) is 0.310. The Morgan fingerprint density at radius 2 is 1.90 bits per heavy atom. The van der Waals surface area contributed by atoms with E-state index in [1.165, 1.54) is 13.0 Å². The highest BCUT2D eigenvalue weighted by atomic mass is 32.2. The van der Waals surface area contributed by atoms with Crippen molar-refractivity contribution >= 4 is 28.8 Å². The number of aryl methyl sites for hydroxylation is 1. The molecule has 4 aromatic rings. The molecule has 2 aromatic carbocycles. The van der Waals surface area contributed by atoms with Crippen LogP contribution in [-0.2, 0) is 4.79 Å². The second-order valence-electron chi connectivity index (χ2n) is 7.04. The molecule has 1 atom stereocenters. The van der Waals surface area contributed by atoms with E-state index in [9.17, 15) is 14.0 Å². The molecule has 0 fully saturated rings. The van der Waals surface area contributed by atoms with Crippen molar-refractivity contribution in [1.82, 2.24) is 9.55 Å². The maximum atomic E-state index is 14.7. The fourth-order valence-electron chi connectivity index (χ4n) is 3.02. The van der Waals surface area contributed by atoms with E-state index in [4.69, 9.17) is 13.6 Å².